The third kappa shape index (κ3) is 9.73. The van der Waals surface area contributed by atoms with Crippen molar-refractivity contribution < 1.29 is 9.59 Å². The van der Waals surface area contributed by atoms with Crippen LogP contribution in [0.4, 0.5) is 0 Å². The minimum Gasteiger partial charge on any atom is -0.343 e. The Labute approximate surface area is 184 Å². The Morgan fingerprint density at radius 2 is 0.767 bits per heavy atom. The molecule has 1 fully saturated rings. The summed E-state index contributed by atoms with van der Waals surface area (Å²) in [7, 11) is 3.67. The van der Waals surface area contributed by atoms with E-state index in [0.717, 1.165) is 65.4 Å². The van der Waals surface area contributed by atoms with E-state index in [4.69, 9.17) is 0 Å². The molecule has 0 aromatic rings. The summed E-state index contributed by atoms with van der Waals surface area (Å²) in [5, 5.41) is 0. The summed E-state index contributed by atoms with van der Waals surface area (Å²) in [6.45, 7) is 20.2. The Morgan fingerprint density at radius 3 is 1.03 bits per heavy atom. The van der Waals surface area contributed by atoms with Crippen LogP contribution in [-0.4, -0.2) is 147 Å². The number of rotatable bonds is 4. The SMILES string of the molecule is CCN1CCN(CC)CCN(CC)CC(=O)N(C)CCN(C)C(=O)CN(CC)CC1. The third-order valence-corrected chi connectivity index (χ3v) is 6.33. The Kier molecular flexibility index (Phi) is 13.2. The van der Waals surface area contributed by atoms with E-state index in [1.165, 1.54) is 0 Å². The molecule has 0 aliphatic carbocycles. The summed E-state index contributed by atoms with van der Waals surface area (Å²) in [4.78, 5) is 38.2. The number of carbonyl (C=O) groups excluding carboxylic acids is 2. The number of amides is 2. The van der Waals surface area contributed by atoms with Crippen LogP contribution in [0.2, 0.25) is 0 Å². The summed E-state index contributed by atoms with van der Waals surface area (Å²) in [6, 6.07) is 0. The molecule has 8 heteroatoms. The van der Waals surface area contributed by atoms with Crippen LogP contribution in [0.3, 0.4) is 0 Å². The topological polar surface area (TPSA) is 53.6 Å². The van der Waals surface area contributed by atoms with Crippen LogP contribution in [0, 0.1) is 0 Å². The standard InChI is InChI=1S/C22H46N6O2/c1-7-25-13-14-26(8-2)16-18-28(10-4)20-22(30)24(6)12-11-23(5)21(29)19-27(9-3)17-15-25/h7-20H2,1-6H3. The smallest absolute Gasteiger partial charge is 0.236 e. The Morgan fingerprint density at radius 1 is 0.500 bits per heavy atom. The highest BCUT2D eigenvalue weighted by atomic mass is 16.2. The van der Waals surface area contributed by atoms with Gasteiger partial charge in [0.1, 0.15) is 0 Å². The molecule has 30 heavy (non-hydrogen) atoms. The average Bonchev–Trinajstić information content (AvgIpc) is 2.75. The maximum Gasteiger partial charge on any atom is 0.236 e. The number of hydrogen-bond donors (Lipinski definition) is 0. The first-order valence-electron chi connectivity index (χ1n) is 11.7. The molecule has 8 nitrogen and oxygen atoms in total. The fourth-order valence-corrected chi connectivity index (χ4v) is 3.58. The van der Waals surface area contributed by atoms with Crippen LogP contribution < -0.4 is 0 Å². The van der Waals surface area contributed by atoms with Gasteiger partial charge in [-0.2, -0.15) is 0 Å². The Bertz CT molecular complexity index is 460. The molecular weight excluding hydrogens is 380 g/mol. The molecule has 1 heterocycles. The molecule has 176 valence electrons. The van der Waals surface area contributed by atoms with Crippen molar-refractivity contribution in [3.8, 4) is 0 Å². The van der Waals surface area contributed by atoms with E-state index in [1.54, 1.807) is 9.80 Å². The van der Waals surface area contributed by atoms with E-state index < -0.39 is 0 Å². The van der Waals surface area contributed by atoms with Gasteiger partial charge in [0.15, 0.2) is 0 Å². The molecule has 0 atom stereocenters. The molecular formula is C22H46N6O2. The quantitative estimate of drug-likeness (QED) is 0.640. The van der Waals surface area contributed by atoms with Crippen LogP contribution in [0.25, 0.3) is 0 Å². The van der Waals surface area contributed by atoms with Crippen LogP contribution in [0.5, 0.6) is 0 Å². The summed E-state index contributed by atoms with van der Waals surface area (Å²) in [6.07, 6.45) is 0. The molecule has 1 rings (SSSR count). The highest BCUT2D eigenvalue weighted by molar-refractivity contribution is 5.79. The highest BCUT2D eigenvalue weighted by Gasteiger charge is 2.18. The maximum absolute atomic E-state index is 12.6. The van der Waals surface area contributed by atoms with Crippen LogP contribution in [0.1, 0.15) is 27.7 Å². The van der Waals surface area contributed by atoms with Gasteiger partial charge >= 0.3 is 0 Å². The van der Waals surface area contributed by atoms with E-state index in [1.807, 2.05) is 14.1 Å². The van der Waals surface area contributed by atoms with Crippen molar-refractivity contribution in [3.05, 3.63) is 0 Å². The molecule has 0 radical (unpaired) electrons. The second kappa shape index (κ2) is 14.7. The monoisotopic (exact) mass is 426 g/mol. The molecule has 0 unspecified atom stereocenters. The molecule has 2 amide bonds. The Hall–Kier alpha value is -1.22. The van der Waals surface area contributed by atoms with Crippen LogP contribution in [-0.2, 0) is 9.59 Å². The van der Waals surface area contributed by atoms with Gasteiger partial charge in [0.05, 0.1) is 13.1 Å². The number of hydrogen-bond acceptors (Lipinski definition) is 6. The van der Waals surface area contributed by atoms with Gasteiger partial charge in [-0.1, -0.05) is 27.7 Å². The number of nitrogens with zero attached hydrogens (tertiary/aromatic N) is 6. The fraction of sp³-hybridized carbons (Fsp3) is 0.909. The first-order valence-corrected chi connectivity index (χ1v) is 11.7. The van der Waals surface area contributed by atoms with E-state index in [9.17, 15) is 9.59 Å². The fourth-order valence-electron chi connectivity index (χ4n) is 3.58. The lowest BCUT2D eigenvalue weighted by molar-refractivity contribution is -0.134. The predicted octanol–water partition coefficient (Wildman–Crippen LogP) is 0.204. The van der Waals surface area contributed by atoms with Gasteiger partial charge < -0.3 is 19.6 Å². The van der Waals surface area contributed by atoms with Gasteiger partial charge in [-0.3, -0.25) is 19.4 Å². The van der Waals surface area contributed by atoms with Gasteiger partial charge in [-0.05, 0) is 26.2 Å². The molecule has 0 saturated carbocycles. The van der Waals surface area contributed by atoms with Crippen LogP contribution >= 0.6 is 0 Å². The molecule has 1 saturated heterocycles. The molecule has 0 bridgehead atoms. The zero-order valence-electron chi connectivity index (χ0n) is 20.4. The van der Waals surface area contributed by atoms with E-state index in [0.29, 0.717) is 26.2 Å². The predicted molar refractivity (Wildman–Crippen MR) is 124 cm³/mol. The Balaban J connectivity index is 2.86. The second-order valence-corrected chi connectivity index (χ2v) is 8.24. The van der Waals surface area contributed by atoms with Crippen molar-refractivity contribution in [2.75, 3.05) is 106 Å². The third-order valence-electron chi connectivity index (χ3n) is 6.33. The van der Waals surface area contributed by atoms with Crippen LogP contribution in [0.15, 0.2) is 0 Å². The van der Waals surface area contributed by atoms with E-state index >= 15 is 0 Å². The van der Waals surface area contributed by atoms with E-state index in [-0.39, 0.29) is 11.8 Å². The van der Waals surface area contributed by atoms with Crippen molar-refractivity contribution in [2.24, 2.45) is 0 Å². The van der Waals surface area contributed by atoms with Gasteiger partial charge in [0, 0.05) is 66.5 Å². The molecule has 0 N–H and O–H groups in total. The van der Waals surface area contributed by atoms with E-state index in [2.05, 4.69) is 47.3 Å². The lowest BCUT2D eigenvalue weighted by Gasteiger charge is -2.31. The summed E-state index contributed by atoms with van der Waals surface area (Å²) in [5.74, 6) is 0.239. The molecule has 0 spiro atoms. The summed E-state index contributed by atoms with van der Waals surface area (Å²) >= 11 is 0. The van der Waals surface area contributed by atoms with Gasteiger partial charge in [-0.15, -0.1) is 0 Å². The minimum absolute atomic E-state index is 0.120. The summed E-state index contributed by atoms with van der Waals surface area (Å²) in [5.41, 5.74) is 0. The highest BCUT2D eigenvalue weighted by Crippen LogP contribution is 2.00. The first-order chi connectivity index (χ1) is 14.3. The van der Waals surface area contributed by atoms with Crippen molar-refractivity contribution >= 4 is 11.8 Å². The molecule has 0 aromatic carbocycles. The van der Waals surface area contributed by atoms with Crippen molar-refractivity contribution in [1.82, 2.24) is 29.4 Å². The van der Waals surface area contributed by atoms with Crippen molar-refractivity contribution in [1.29, 1.82) is 0 Å². The zero-order valence-corrected chi connectivity index (χ0v) is 20.4. The largest absolute Gasteiger partial charge is 0.343 e. The number of carbonyl (C=O) groups is 2. The van der Waals surface area contributed by atoms with Crippen molar-refractivity contribution in [3.63, 3.8) is 0 Å². The normalized spacial score (nSPS) is 22.3. The molecule has 0 aromatic heterocycles. The second-order valence-electron chi connectivity index (χ2n) is 8.24. The lowest BCUT2D eigenvalue weighted by atomic mass is 10.3. The summed E-state index contributed by atoms with van der Waals surface area (Å²) < 4.78 is 0. The van der Waals surface area contributed by atoms with Gasteiger partial charge in [0.25, 0.3) is 0 Å². The van der Waals surface area contributed by atoms with Gasteiger partial charge in [0.2, 0.25) is 11.8 Å². The number of likely N-dealkylation sites (N-methyl/N-ethyl adjacent to an activating group) is 6. The maximum atomic E-state index is 12.6. The zero-order chi connectivity index (χ0) is 22.5. The van der Waals surface area contributed by atoms with Crippen molar-refractivity contribution in [2.45, 2.75) is 27.7 Å². The molecule has 1 aliphatic heterocycles. The lowest BCUT2D eigenvalue weighted by Crippen LogP contribution is -2.47. The molecule has 1 aliphatic rings. The minimum atomic E-state index is 0.120. The van der Waals surface area contributed by atoms with Gasteiger partial charge in [-0.25, -0.2) is 0 Å². The first kappa shape index (κ1) is 26.8. The average molecular weight is 427 g/mol.